The van der Waals surface area contributed by atoms with Crippen LogP contribution in [0.15, 0.2) is 54.9 Å². The van der Waals surface area contributed by atoms with Crippen molar-refractivity contribution in [3.05, 3.63) is 71.7 Å². The Morgan fingerprint density at radius 3 is 2.63 bits per heavy atom. The number of hydrogen-bond acceptors (Lipinski definition) is 3. The summed E-state index contributed by atoms with van der Waals surface area (Å²) in [5.41, 5.74) is 3.55. The topological polar surface area (TPSA) is 66.7 Å². The van der Waals surface area contributed by atoms with Crippen molar-refractivity contribution in [3.8, 4) is 0 Å². The molecule has 2 aliphatic rings. The molecule has 2 aromatic heterocycles. The van der Waals surface area contributed by atoms with Gasteiger partial charge in [-0.2, -0.15) is 0 Å². The van der Waals surface area contributed by atoms with Crippen LogP contribution in [0.1, 0.15) is 40.5 Å². The number of likely N-dealkylation sites (tertiary alicyclic amines) is 1. The van der Waals surface area contributed by atoms with E-state index in [4.69, 9.17) is 0 Å². The van der Waals surface area contributed by atoms with E-state index in [2.05, 4.69) is 22.4 Å². The highest BCUT2D eigenvalue weighted by atomic mass is 16.2. The first-order valence-electron chi connectivity index (χ1n) is 9.21. The normalized spacial score (nSPS) is 23.3. The van der Waals surface area contributed by atoms with Gasteiger partial charge in [-0.1, -0.05) is 30.3 Å². The van der Waals surface area contributed by atoms with Gasteiger partial charge in [-0.25, -0.2) is 4.98 Å². The van der Waals surface area contributed by atoms with Gasteiger partial charge in [0.25, 0.3) is 5.91 Å². The molecule has 5 rings (SSSR count). The maximum Gasteiger partial charge on any atom is 0.272 e. The molecule has 6 nitrogen and oxygen atoms in total. The van der Waals surface area contributed by atoms with Crippen molar-refractivity contribution in [2.24, 2.45) is 5.92 Å². The van der Waals surface area contributed by atoms with Gasteiger partial charge in [0.05, 0.1) is 6.04 Å². The molecule has 1 N–H and O–H groups in total. The van der Waals surface area contributed by atoms with Gasteiger partial charge < -0.3 is 14.6 Å². The highest BCUT2D eigenvalue weighted by molar-refractivity contribution is 5.93. The van der Waals surface area contributed by atoms with Crippen LogP contribution in [-0.4, -0.2) is 39.2 Å². The Labute approximate surface area is 156 Å². The lowest BCUT2D eigenvalue weighted by Crippen LogP contribution is -2.34. The lowest BCUT2D eigenvalue weighted by molar-refractivity contribution is -0.128. The molecule has 0 radical (unpaired) electrons. The number of amides is 2. The fourth-order valence-corrected chi connectivity index (χ4v) is 4.56. The molecule has 3 aromatic rings. The zero-order valence-corrected chi connectivity index (χ0v) is 15.0. The van der Waals surface area contributed by atoms with Crippen molar-refractivity contribution < 1.29 is 9.59 Å². The van der Waals surface area contributed by atoms with Crippen molar-refractivity contribution in [2.45, 2.75) is 18.9 Å². The first kappa shape index (κ1) is 16.1. The number of carbonyl (C=O) groups excluding carboxylic acids is 2. The number of aromatic nitrogens is 2. The monoisotopic (exact) mass is 360 g/mol. The number of rotatable bonds is 2. The van der Waals surface area contributed by atoms with E-state index in [0.717, 1.165) is 17.8 Å². The van der Waals surface area contributed by atoms with Crippen LogP contribution >= 0.6 is 0 Å². The highest BCUT2D eigenvalue weighted by Gasteiger charge is 2.47. The van der Waals surface area contributed by atoms with Gasteiger partial charge in [0, 0.05) is 44.2 Å². The Kier molecular flexibility index (Phi) is 3.53. The number of imidazole rings is 1. The second-order valence-corrected chi connectivity index (χ2v) is 7.37. The van der Waals surface area contributed by atoms with E-state index in [0.29, 0.717) is 12.2 Å². The van der Waals surface area contributed by atoms with Gasteiger partial charge in [0.1, 0.15) is 11.3 Å². The molecule has 3 heterocycles. The minimum absolute atomic E-state index is 0.0901. The lowest BCUT2D eigenvalue weighted by atomic mass is 9.94. The van der Waals surface area contributed by atoms with Gasteiger partial charge in [0.15, 0.2) is 0 Å². The molecule has 1 aliphatic heterocycles. The molecule has 0 saturated carbocycles. The van der Waals surface area contributed by atoms with Crippen LogP contribution in [0.25, 0.3) is 5.65 Å². The summed E-state index contributed by atoms with van der Waals surface area (Å²) in [5, 5.41) is 3.19. The van der Waals surface area contributed by atoms with E-state index in [9.17, 15) is 9.59 Å². The van der Waals surface area contributed by atoms with Crippen molar-refractivity contribution in [2.75, 3.05) is 13.1 Å². The molecule has 136 valence electrons. The number of carbonyl (C=O) groups is 2. The Hall–Kier alpha value is -3.15. The van der Waals surface area contributed by atoms with E-state index in [1.54, 1.807) is 13.1 Å². The molecular formula is C21H20N4O2. The standard InChI is InChI=1S/C21H20N4O2/c1-13(26)25-10-16-14-6-2-3-7-15(14)20(17(16)11-25)23-21(27)18-12-24-9-5-4-8-19(24)22-18/h2-9,12,16-17,20H,10-11H2,1H3,(H,23,27)/t16-,17-,20-/m0/s1. The molecule has 0 bridgehead atoms. The first-order valence-corrected chi connectivity index (χ1v) is 9.21. The fraction of sp³-hybridized carbons (Fsp3) is 0.286. The van der Waals surface area contributed by atoms with Crippen LogP contribution in [0.2, 0.25) is 0 Å². The van der Waals surface area contributed by atoms with Crippen molar-refractivity contribution in [1.82, 2.24) is 19.6 Å². The Morgan fingerprint density at radius 1 is 1.07 bits per heavy atom. The molecule has 0 unspecified atom stereocenters. The van der Waals surface area contributed by atoms with E-state index in [1.807, 2.05) is 45.8 Å². The number of fused-ring (bicyclic) bond motifs is 4. The quantitative estimate of drug-likeness (QED) is 0.763. The number of nitrogens with zero attached hydrogens (tertiary/aromatic N) is 3. The van der Waals surface area contributed by atoms with Crippen LogP contribution in [0.5, 0.6) is 0 Å². The smallest absolute Gasteiger partial charge is 0.272 e. The summed E-state index contributed by atoms with van der Waals surface area (Å²) in [7, 11) is 0. The van der Waals surface area contributed by atoms with Crippen molar-refractivity contribution in [1.29, 1.82) is 0 Å². The Balaban J connectivity index is 1.46. The fourth-order valence-electron chi connectivity index (χ4n) is 4.56. The SMILES string of the molecule is CC(=O)N1C[C@H]2[C@@H](C1)c1ccccc1[C@@H]2NC(=O)c1cn2ccccc2n1. The molecule has 1 fully saturated rings. The Morgan fingerprint density at radius 2 is 1.85 bits per heavy atom. The lowest BCUT2D eigenvalue weighted by Gasteiger charge is -2.22. The van der Waals surface area contributed by atoms with Gasteiger partial charge >= 0.3 is 0 Å². The minimum Gasteiger partial charge on any atom is -0.343 e. The third kappa shape index (κ3) is 2.51. The van der Waals surface area contributed by atoms with Crippen LogP contribution in [0.3, 0.4) is 0 Å². The number of benzene rings is 1. The number of nitrogens with one attached hydrogen (secondary N) is 1. The van der Waals surface area contributed by atoms with Crippen LogP contribution in [-0.2, 0) is 4.79 Å². The predicted octanol–water partition coefficient (Wildman–Crippen LogP) is 2.38. The average molecular weight is 360 g/mol. The Bertz CT molecular complexity index is 1020. The van der Waals surface area contributed by atoms with Gasteiger partial charge in [-0.05, 0) is 23.3 Å². The molecule has 2 amide bonds. The molecule has 27 heavy (non-hydrogen) atoms. The molecule has 1 aliphatic carbocycles. The van der Waals surface area contributed by atoms with Crippen molar-refractivity contribution in [3.63, 3.8) is 0 Å². The third-order valence-corrected chi connectivity index (χ3v) is 5.85. The second kappa shape index (κ2) is 5.94. The molecule has 1 aromatic carbocycles. The van der Waals surface area contributed by atoms with E-state index in [1.165, 1.54) is 5.56 Å². The number of pyridine rings is 1. The zero-order chi connectivity index (χ0) is 18.5. The number of hydrogen-bond donors (Lipinski definition) is 1. The summed E-state index contributed by atoms with van der Waals surface area (Å²) in [4.78, 5) is 31.1. The second-order valence-electron chi connectivity index (χ2n) is 7.37. The summed E-state index contributed by atoms with van der Waals surface area (Å²) in [6.45, 7) is 3.00. The predicted molar refractivity (Wildman–Crippen MR) is 100 cm³/mol. The minimum atomic E-state index is -0.180. The maximum absolute atomic E-state index is 12.9. The van der Waals surface area contributed by atoms with E-state index >= 15 is 0 Å². The summed E-state index contributed by atoms with van der Waals surface area (Å²) in [5.74, 6) is 0.386. The van der Waals surface area contributed by atoms with Gasteiger partial charge in [-0.3, -0.25) is 9.59 Å². The summed E-state index contributed by atoms with van der Waals surface area (Å²) in [6, 6.07) is 13.8. The molecular weight excluding hydrogens is 340 g/mol. The van der Waals surface area contributed by atoms with Crippen LogP contribution in [0.4, 0.5) is 0 Å². The maximum atomic E-state index is 12.9. The molecule has 0 spiro atoms. The zero-order valence-electron chi connectivity index (χ0n) is 15.0. The first-order chi connectivity index (χ1) is 13.1. The molecule has 1 saturated heterocycles. The third-order valence-electron chi connectivity index (χ3n) is 5.85. The van der Waals surface area contributed by atoms with Gasteiger partial charge in [-0.15, -0.1) is 0 Å². The summed E-state index contributed by atoms with van der Waals surface area (Å²) in [6.07, 6.45) is 3.63. The molecule has 6 heteroatoms. The average Bonchev–Trinajstić information content (AvgIpc) is 3.35. The van der Waals surface area contributed by atoms with E-state index in [-0.39, 0.29) is 29.7 Å². The van der Waals surface area contributed by atoms with Crippen LogP contribution in [0, 0.1) is 5.92 Å². The largest absolute Gasteiger partial charge is 0.343 e. The summed E-state index contributed by atoms with van der Waals surface area (Å²) >= 11 is 0. The van der Waals surface area contributed by atoms with Gasteiger partial charge in [0.2, 0.25) is 5.91 Å². The van der Waals surface area contributed by atoms with E-state index < -0.39 is 0 Å². The summed E-state index contributed by atoms with van der Waals surface area (Å²) < 4.78 is 1.84. The molecule has 3 atom stereocenters. The highest BCUT2D eigenvalue weighted by Crippen LogP contribution is 2.49. The van der Waals surface area contributed by atoms with Crippen molar-refractivity contribution >= 4 is 17.5 Å². The van der Waals surface area contributed by atoms with Crippen LogP contribution < -0.4 is 5.32 Å².